The Bertz CT molecular complexity index is 708. The van der Waals surface area contributed by atoms with Gasteiger partial charge in [-0.05, 0) is 35.7 Å². The highest BCUT2D eigenvalue weighted by atomic mass is 127. The van der Waals surface area contributed by atoms with E-state index in [1.165, 1.54) is 0 Å². The van der Waals surface area contributed by atoms with E-state index in [2.05, 4.69) is 21.7 Å². The molecule has 0 spiro atoms. The first-order valence-electron chi connectivity index (χ1n) is 7.40. The maximum atomic E-state index is 8.79. The normalized spacial score (nSPS) is 10.5. The quantitative estimate of drug-likeness (QED) is 0.411. The summed E-state index contributed by atoms with van der Waals surface area (Å²) in [6, 6.07) is 17.4. The van der Waals surface area contributed by atoms with Gasteiger partial charge >= 0.3 is 0 Å². The molecule has 0 bridgehead atoms. The maximum absolute atomic E-state index is 8.79. The Kier molecular flexibility index (Phi) is 9.20. The van der Waals surface area contributed by atoms with E-state index in [-0.39, 0.29) is 24.0 Å². The van der Waals surface area contributed by atoms with Crippen molar-refractivity contribution in [1.82, 2.24) is 10.6 Å². The van der Waals surface area contributed by atoms with Crippen LogP contribution in [0.5, 0.6) is 0 Å². The van der Waals surface area contributed by atoms with Crippen LogP contribution in [-0.4, -0.2) is 19.6 Å². The van der Waals surface area contributed by atoms with Crippen LogP contribution in [0.2, 0.25) is 5.02 Å². The Morgan fingerprint density at radius 1 is 1.12 bits per heavy atom. The summed E-state index contributed by atoms with van der Waals surface area (Å²) in [5.74, 6) is 0.737. The van der Waals surface area contributed by atoms with Crippen LogP contribution in [-0.2, 0) is 13.0 Å². The fraction of sp³-hybridized carbons (Fsp3) is 0.222. The molecule has 2 N–H and O–H groups in total. The second kappa shape index (κ2) is 10.9. The molecule has 2 aromatic carbocycles. The number of guanidine groups is 1. The number of aliphatic imine (C=N–C) groups is 1. The van der Waals surface area contributed by atoms with Crippen LogP contribution in [0.15, 0.2) is 53.5 Å². The summed E-state index contributed by atoms with van der Waals surface area (Å²) in [7, 11) is 1.74. The van der Waals surface area contributed by atoms with E-state index in [0.29, 0.717) is 12.1 Å². The first-order chi connectivity index (χ1) is 11.2. The van der Waals surface area contributed by atoms with Crippen molar-refractivity contribution in [3.8, 4) is 6.07 Å². The Hall–Kier alpha value is -1.78. The van der Waals surface area contributed by atoms with Gasteiger partial charge in [0.25, 0.3) is 0 Å². The molecule has 0 aliphatic rings. The number of hydrogen-bond acceptors (Lipinski definition) is 2. The average Bonchev–Trinajstić information content (AvgIpc) is 2.60. The van der Waals surface area contributed by atoms with Crippen LogP contribution in [0.25, 0.3) is 0 Å². The summed E-state index contributed by atoms with van der Waals surface area (Å²) in [5.41, 5.74) is 2.87. The predicted molar refractivity (Wildman–Crippen MR) is 110 cm³/mol. The van der Waals surface area contributed by atoms with Gasteiger partial charge < -0.3 is 10.6 Å². The van der Waals surface area contributed by atoms with Gasteiger partial charge in [0.05, 0.1) is 11.6 Å². The van der Waals surface area contributed by atoms with Crippen molar-refractivity contribution in [2.75, 3.05) is 13.6 Å². The summed E-state index contributed by atoms with van der Waals surface area (Å²) in [6.45, 7) is 1.40. The average molecular weight is 455 g/mol. The standard InChI is InChI=1S/C18H19ClN4.HI/c1-21-18(22-11-10-16-4-2-3-5-17(16)19)23-13-15-8-6-14(12-20)7-9-15;/h2-9H,10-11,13H2,1H3,(H2,21,22,23);1H. The third kappa shape index (κ3) is 6.38. The van der Waals surface area contributed by atoms with Gasteiger partial charge in [-0.15, -0.1) is 24.0 Å². The maximum Gasteiger partial charge on any atom is 0.191 e. The number of nitrogens with one attached hydrogen (secondary N) is 2. The Labute approximate surface area is 165 Å². The molecule has 0 amide bonds. The van der Waals surface area contributed by atoms with E-state index in [0.717, 1.165) is 35.1 Å². The minimum Gasteiger partial charge on any atom is -0.356 e. The van der Waals surface area contributed by atoms with Crippen LogP contribution in [0, 0.1) is 11.3 Å². The summed E-state index contributed by atoms with van der Waals surface area (Å²) in [4.78, 5) is 4.20. The van der Waals surface area contributed by atoms with Gasteiger partial charge in [0.1, 0.15) is 0 Å². The molecule has 0 aliphatic carbocycles. The Morgan fingerprint density at radius 3 is 2.46 bits per heavy atom. The van der Waals surface area contributed by atoms with Gasteiger partial charge in [-0.3, -0.25) is 4.99 Å². The summed E-state index contributed by atoms with van der Waals surface area (Å²) < 4.78 is 0. The molecule has 0 heterocycles. The molecule has 2 rings (SSSR count). The molecule has 0 atom stereocenters. The number of rotatable bonds is 5. The lowest BCUT2D eigenvalue weighted by atomic mass is 10.1. The van der Waals surface area contributed by atoms with E-state index in [4.69, 9.17) is 16.9 Å². The van der Waals surface area contributed by atoms with E-state index < -0.39 is 0 Å². The van der Waals surface area contributed by atoms with Crippen LogP contribution in [0.1, 0.15) is 16.7 Å². The fourth-order valence-corrected chi connectivity index (χ4v) is 2.35. The van der Waals surface area contributed by atoms with E-state index in [1.54, 1.807) is 7.05 Å². The molecule has 0 unspecified atom stereocenters. The van der Waals surface area contributed by atoms with Gasteiger partial charge in [-0.2, -0.15) is 5.26 Å². The smallest absolute Gasteiger partial charge is 0.191 e. The van der Waals surface area contributed by atoms with Crippen molar-refractivity contribution in [3.05, 3.63) is 70.2 Å². The summed E-state index contributed by atoms with van der Waals surface area (Å²) in [5, 5.41) is 16.1. The first-order valence-corrected chi connectivity index (χ1v) is 7.77. The lowest BCUT2D eigenvalue weighted by Gasteiger charge is -2.12. The number of nitriles is 1. The zero-order valence-corrected chi connectivity index (χ0v) is 16.5. The topological polar surface area (TPSA) is 60.2 Å². The molecule has 0 saturated carbocycles. The number of benzene rings is 2. The van der Waals surface area contributed by atoms with Crippen molar-refractivity contribution < 1.29 is 0 Å². The molecule has 2 aromatic rings. The SMILES string of the molecule is CN=C(NCCc1ccccc1Cl)NCc1ccc(C#N)cc1.I. The zero-order valence-electron chi connectivity index (χ0n) is 13.4. The lowest BCUT2D eigenvalue weighted by molar-refractivity contribution is 0.794. The highest BCUT2D eigenvalue weighted by Crippen LogP contribution is 2.14. The van der Waals surface area contributed by atoms with Crippen LogP contribution in [0.3, 0.4) is 0 Å². The van der Waals surface area contributed by atoms with Crippen molar-refractivity contribution in [2.45, 2.75) is 13.0 Å². The van der Waals surface area contributed by atoms with Crippen LogP contribution in [0.4, 0.5) is 0 Å². The van der Waals surface area contributed by atoms with Gasteiger partial charge in [0.2, 0.25) is 0 Å². The van der Waals surface area contributed by atoms with Crippen molar-refractivity contribution in [2.24, 2.45) is 4.99 Å². The fourth-order valence-electron chi connectivity index (χ4n) is 2.12. The monoisotopic (exact) mass is 454 g/mol. The molecular formula is C18H20ClIN4. The highest BCUT2D eigenvalue weighted by molar-refractivity contribution is 14.0. The highest BCUT2D eigenvalue weighted by Gasteiger charge is 2.01. The molecule has 6 heteroatoms. The molecule has 126 valence electrons. The van der Waals surface area contributed by atoms with E-state index in [1.807, 2.05) is 48.5 Å². The minimum absolute atomic E-state index is 0. The Balaban J connectivity index is 0.00000288. The predicted octanol–water partition coefficient (Wildman–Crippen LogP) is 3.74. The number of nitrogens with zero attached hydrogens (tertiary/aromatic N) is 2. The molecule has 0 saturated heterocycles. The third-order valence-corrected chi connectivity index (χ3v) is 3.78. The molecule has 4 nitrogen and oxygen atoms in total. The number of halogens is 2. The molecule has 0 aliphatic heterocycles. The van der Waals surface area contributed by atoms with Crippen LogP contribution >= 0.6 is 35.6 Å². The van der Waals surface area contributed by atoms with Gasteiger partial charge in [-0.1, -0.05) is 41.9 Å². The first kappa shape index (κ1) is 20.3. The van der Waals surface area contributed by atoms with Crippen molar-refractivity contribution in [3.63, 3.8) is 0 Å². The molecule has 0 radical (unpaired) electrons. The second-order valence-corrected chi connectivity index (χ2v) is 5.41. The zero-order chi connectivity index (χ0) is 16.5. The third-order valence-electron chi connectivity index (χ3n) is 3.41. The summed E-state index contributed by atoms with van der Waals surface area (Å²) in [6.07, 6.45) is 0.831. The van der Waals surface area contributed by atoms with Gasteiger partial charge in [0.15, 0.2) is 5.96 Å². The Morgan fingerprint density at radius 2 is 1.83 bits per heavy atom. The van der Waals surface area contributed by atoms with Gasteiger partial charge in [-0.25, -0.2) is 0 Å². The molecule has 24 heavy (non-hydrogen) atoms. The van der Waals surface area contributed by atoms with E-state index >= 15 is 0 Å². The van der Waals surface area contributed by atoms with Gasteiger partial charge in [0, 0.05) is 25.2 Å². The van der Waals surface area contributed by atoms with Crippen molar-refractivity contribution >= 4 is 41.5 Å². The number of hydrogen-bond donors (Lipinski definition) is 2. The molecule has 0 fully saturated rings. The van der Waals surface area contributed by atoms with E-state index in [9.17, 15) is 0 Å². The second-order valence-electron chi connectivity index (χ2n) is 5.00. The van der Waals surface area contributed by atoms with Crippen molar-refractivity contribution in [1.29, 1.82) is 5.26 Å². The molecule has 0 aromatic heterocycles. The van der Waals surface area contributed by atoms with Crippen LogP contribution < -0.4 is 10.6 Å². The molecular weight excluding hydrogens is 435 g/mol. The summed E-state index contributed by atoms with van der Waals surface area (Å²) >= 11 is 6.14. The lowest BCUT2D eigenvalue weighted by Crippen LogP contribution is -2.37. The largest absolute Gasteiger partial charge is 0.356 e. The minimum atomic E-state index is 0.